The van der Waals surface area contributed by atoms with Crippen molar-refractivity contribution in [2.75, 3.05) is 13.6 Å². The third-order valence-electron chi connectivity index (χ3n) is 4.35. The molecule has 2 N–H and O–H groups in total. The molecule has 2 rings (SSSR count). The molecule has 0 aromatic carbocycles. The number of carbonyl (C=O) groups excluding carboxylic acids is 2. The molecule has 1 aromatic heterocycles. The van der Waals surface area contributed by atoms with Crippen LogP contribution in [0.25, 0.3) is 0 Å². The minimum Gasteiger partial charge on any atom is -0.359 e. The molecule has 0 aliphatic heterocycles. The predicted octanol–water partition coefficient (Wildman–Crippen LogP) is 1.68. The fourth-order valence-corrected chi connectivity index (χ4v) is 3.13. The lowest BCUT2D eigenvalue weighted by Crippen LogP contribution is -2.43. The van der Waals surface area contributed by atoms with Gasteiger partial charge in [-0.05, 0) is 37.3 Å². The highest BCUT2D eigenvalue weighted by atomic mass is 16.2. The van der Waals surface area contributed by atoms with E-state index in [1.54, 1.807) is 13.2 Å². The molecular formula is C17H25N3O2. The number of nitrogens with zero attached hydrogens (tertiary/aromatic N) is 1. The van der Waals surface area contributed by atoms with Crippen LogP contribution in [-0.4, -0.2) is 30.4 Å². The molecule has 5 nitrogen and oxygen atoms in total. The van der Waals surface area contributed by atoms with Gasteiger partial charge >= 0.3 is 0 Å². The summed E-state index contributed by atoms with van der Waals surface area (Å²) in [6.07, 6.45) is 9.08. The van der Waals surface area contributed by atoms with Crippen LogP contribution < -0.4 is 10.6 Å². The SMILES string of the molecule is CNC(=O)[C@@H]1CCCC[C@@H]1C(=O)NCCCc1cccnc1. The van der Waals surface area contributed by atoms with Crippen LogP contribution in [0.2, 0.25) is 0 Å². The van der Waals surface area contributed by atoms with Crippen molar-refractivity contribution in [1.82, 2.24) is 15.6 Å². The molecule has 1 aliphatic carbocycles. The Kier molecular flexibility index (Phi) is 6.37. The number of nitrogens with one attached hydrogen (secondary N) is 2. The summed E-state index contributed by atoms with van der Waals surface area (Å²) in [6, 6.07) is 3.96. The molecule has 1 heterocycles. The average Bonchev–Trinajstić information content (AvgIpc) is 2.58. The van der Waals surface area contributed by atoms with Gasteiger partial charge in [-0.1, -0.05) is 18.9 Å². The van der Waals surface area contributed by atoms with Gasteiger partial charge in [-0.3, -0.25) is 14.6 Å². The van der Waals surface area contributed by atoms with Crippen LogP contribution in [-0.2, 0) is 16.0 Å². The van der Waals surface area contributed by atoms with Crippen LogP contribution in [0.1, 0.15) is 37.7 Å². The van der Waals surface area contributed by atoms with Crippen molar-refractivity contribution in [1.29, 1.82) is 0 Å². The highest BCUT2D eigenvalue weighted by Crippen LogP contribution is 2.30. The van der Waals surface area contributed by atoms with Gasteiger partial charge in [0.15, 0.2) is 0 Å². The normalized spacial score (nSPS) is 21.1. The molecule has 1 aliphatic rings. The predicted molar refractivity (Wildman–Crippen MR) is 85.1 cm³/mol. The van der Waals surface area contributed by atoms with Crippen molar-refractivity contribution in [3.63, 3.8) is 0 Å². The minimum atomic E-state index is -0.174. The Bertz CT molecular complexity index is 490. The van der Waals surface area contributed by atoms with E-state index in [4.69, 9.17) is 0 Å². The first-order valence-electron chi connectivity index (χ1n) is 8.10. The fraction of sp³-hybridized carbons (Fsp3) is 0.588. The molecule has 0 radical (unpaired) electrons. The zero-order valence-corrected chi connectivity index (χ0v) is 13.2. The van der Waals surface area contributed by atoms with E-state index in [1.165, 1.54) is 5.56 Å². The second-order valence-corrected chi connectivity index (χ2v) is 5.87. The summed E-state index contributed by atoms with van der Waals surface area (Å²) in [5.41, 5.74) is 1.18. The van der Waals surface area contributed by atoms with Gasteiger partial charge < -0.3 is 10.6 Å². The van der Waals surface area contributed by atoms with E-state index < -0.39 is 0 Å². The van der Waals surface area contributed by atoms with Crippen molar-refractivity contribution in [3.05, 3.63) is 30.1 Å². The summed E-state index contributed by atoms with van der Waals surface area (Å²) in [7, 11) is 1.64. The van der Waals surface area contributed by atoms with E-state index in [9.17, 15) is 9.59 Å². The Morgan fingerprint density at radius 3 is 2.59 bits per heavy atom. The maximum Gasteiger partial charge on any atom is 0.223 e. The molecule has 1 saturated carbocycles. The van der Waals surface area contributed by atoms with Gasteiger partial charge in [-0.2, -0.15) is 0 Å². The smallest absolute Gasteiger partial charge is 0.223 e. The van der Waals surface area contributed by atoms with E-state index >= 15 is 0 Å². The molecule has 0 saturated heterocycles. The average molecular weight is 303 g/mol. The first-order chi connectivity index (χ1) is 10.7. The van der Waals surface area contributed by atoms with Crippen molar-refractivity contribution < 1.29 is 9.59 Å². The number of aromatic nitrogens is 1. The van der Waals surface area contributed by atoms with Crippen LogP contribution in [0.15, 0.2) is 24.5 Å². The van der Waals surface area contributed by atoms with Crippen molar-refractivity contribution in [3.8, 4) is 0 Å². The Labute approximate surface area is 131 Å². The summed E-state index contributed by atoms with van der Waals surface area (Å²) < 4.78 is 0. The summed E-state index contributed by atoms with van der Waals surface area (Å²) in [4.78, 5) is 28.3. The maximum atomic E-state index is 12.3. The third-order valence-corrected chi connectivity index (χ3v) is 4.35. The maximum absolute atomic E-state index is 12.3. The van der Waals surface area contributed by atoms with Crippen LogP contribution in [0, 0.1) is 11.8 Å². The van der Waals surface area contributed by atoms with E-state index in [2.05, 4.69) is 15.6 Å². The lowest BCUT2D eigenvalue weighted by Gasteiger charge is -2.29. The standard InChI is InChI=1S/C17H25N3O2/c1-18-16(21)14-8-2-3-9-15(14)17(22)20-11-5-7-13-6-4-10-19-12-13/h4,6,10,12,14-15H,2-3,5,7-9,11H2,1H3,(H,18,21)(H,20,22)/t14-,15+/m1/s1. The van der Waals surface area contributed by atoms with Gasteiger partial charge in [-0.15, -0.1) is 0 Å². The van der Waals surface area contributed by atoms with Gasteiger partial charge in [0.05, 0.1) is 0 Å². The van der Waals surface area contributed by atoms with E-state index in [0.29, 0.717) is 6.54 Å². The van der Waals surface area contributed by atoms with Gasteiger partial charge in [0.1, 0.15) is 0 Å². The quantitative estimate of drug-likeness (QED) is 0.786. The molecule has 0 unspecified atom stereocenters. The zero-order valence-electron chi connectivity index (χ0n) is 13.2. The fourth-order valence-electron chi connectivity index (χ4n) is 3.13. The number of carbonyl (C=O) groups is 2. The number of rotatable bonds is 6. The first-order valence-corrected chi connectivity index (χ1v) is 8.10. The third kappa shape index (κ3) is 4.55. The Morgan fingerprint density at radius 2 is 1.95 bits per heavy atom. The molecule has 0 spiro atoms. The van der Waals surface area contributed by atoms with E-state index in [1.807, 2.05) is 18.3 Å². The summed E-state index contributed by atoms with van der Waals surface area (Å²) >= 11 is 0. The lowest BCUT2D eigenvalue weighted by molar-refractivity contribution is -0.136. The molecule has 22 heavy (non-hydrogen) atoms. The largest absolute Gasteiger partial charge is 0.359 e. The number of hydrogen-bond acceptors (Lipinski definition) is 3. The molecule has 0 bridgehead atoms. The van der Waals surface area contributed by atoms with E-state index in [-0.39, 0.29) is 23.7 Å². The number of aryl methyl sites for hydroxylation is 1. The van der Waals surface area contributed by atoms with E-state index in [0.717, 1.165) is 38.5 Å². The Balaban J connectivity index is 1.76. The van der Waals surface area contributed by atoms with Crippen molar-refractivity contribution in [2.24, 2.45) is 11.8 Å². The molecule has 1 fully saturated rings. The Morgan fingerprint density at radius 1 is 1.23 bits per heavy atom. The minimum absolute atomic E-state index is 0.00444. The highest BCUT2D eigenvalue weighted by molar-refractivity contribution is 5.87. The van der Waals surface area contributed by atoms with Gasteiger partial charge in [0.2, 0.25) is 11.8 Å². The van der Waals surface area contributed by atoms with Crippen LogP contribution in [0.4, 0.5) is 0 Å². The second kappa shape index (κ2) is 8.51. The van der Waals surface area contributed by atoms with Crippen molar-refractivity contribution in [2.45, 2.75) is 38.5 Å². The second-order valence-electron chi connectivity index (χ2n) is 5.87. The van der Waals surface area contributed by atoms with Gasteiger partial charge in [0.25, 0.3) is 0 Å². The monoisotopic (exact) mass is 303 g/mol. The molecule has 2 amide bonds. The molecule has 120 valence electrons. The highest BCUT2D eigenvalue weighted by Gasteiger charge is 2.34. The first kappa shape index (κ1) is 16.5. The lowest BCUT2D eigenvalue weighted by atomic mass is 9.78. The zero-order chi connectivity index (χ0) is 15.8. The van der Waals surface area contributed by atoms with Crippen LogP contribution in [0.5, 0.6) is 0 Å². The number of pyridine rings is 1. The molecular weight excluding hydrogens is 278 g/mol. The number of amides is 2. The number of hydrogen-bond donors (Lipinski definition) is 2. The summed E-state index contributed by atoms with van der Waals surface area (Å²) in [6.45, 7) is 0.644. The van der Waals surface area contributed by atoms with Crippen LogP contribution >= 0.6 is 0 Å². The molecule has 2 atom stereocenters. The molecule has 1 aromatic rings. The topological polar surface area (TPSA) is 71.1 Å². The summed E-state index contributed by atoms with van der Waals surface area (Å²) in [5, 5.41) is 5.67. The van der Waals surface area contributed by atoms with Gasteiger partial charge in [-0.25, -0.2) is 0 Å². The summed E-state index contributed by atoms with van der Waals surface area (Å²) in [5.74, 6) is -0.320. The van der Waals surface area contributed by atoms with Crippen molar-refractivity contribution >= 4 is 11.8 Å². The molecule has 5 heteroatoms. The van der Waals surface area contributed by atoms with Gasteiger partial charge in [0, 0.05) is 37.8 Å². The Hall–Kier alpha value is -1.91. The van der Waals surface area contributed by atoms with Crippen LogP contribution in [0.3, 0.4) is 0 Å².